The van der Waals surface area contributed by atoms with Crippen molar-refractivity contribution in [1.82, 2.24) is 4.90 Å². The minimum Gasteiger partial charge on any atom is -0.396 e. The number of amides is 1. The number of hydrogen-bond donors (Lipinski definition) is 1. The van der Waals surface area contributed by atoms with Crippen molar-refractivity contribution in [3.8, 4) is 0 Å². The highest BCUT2D eigenvalue weighted by Crippen LogP contribution is 2.53. The van der Waals surface area contributed by atoms with Gasteiger partial charge in [-0.1, -0.05) is 28.1 Å². The van der Waals surface area contributed by atoms with Gasteiger partial charge in [0.25, 0.3) is 0 Å². The van der Waals surface area contributed by atoms with E-state index in [2.05, 4.69) is 28.1 Å². The van der Waals surface area contributed by atoms with Crippen molar-refractivity contribution in [3.05, 3.63) is 34.3 Å². The highest BCUT2D eigenvalue weighted by atomic mass is 79.9. The Morgan fingerprint density at radius 3 is 2.50 bits per heavy atom. The second-order valence-corrected chi connectivity index (χ2v) is 6.21. The third kappa shape index (κ3) is 1.88. The first-order chi connectivity index (χ1) is 8.65. The van der Waals surface area contributed by atoms with E-state index in [0.717, 1.165) is 17.3 Å². The molecule has 1 atom stereocenters. The summed E-state index contributed by atoms with van der Waals surface area (Å²) in [4.78, 5) is 14.1. The van der Waals surface area contributed by atoms with Gasteiger partial charge in [0, 0.05) is 30.0 Å². The van der Waals surface area contributed by atoms with Crippen molar-refractivity contribution in [2.24, 2.45) is 5.92 Å². The number of likely N-dealkylation sites (tertiary alicyclic amines) is 1. The van der Waals surface area contributed by atoms with E-state index in [1.807, 2.05) is 17.0 Å². The van der Waals surface area contributed by atoms with Crippen molar-refractivity contribution >= 4 is 21.8 Å². The van der Waals surface area contributed by atoms with Crippen LogP contribution in [0.4, 0.5) is 0 Å². The lowest BCUT2D eigenvalue weighted by Crippen LogP contribution is -2.36. The van der Waals surface area contributed by atoms with Gasteiger partial charge < -0.3 is 10.0 Å². The first-order valence-corrected chi connectivity index (χ1v) is 7.12. The summed E-state index contributed by atoms with van der Waals surface area (Å²) in [5.41, 5.74) is 1.14. The van der Waals surface area contributed by atoms with Crippen LogP contribution in [-0.4, -0.2) is 29.1 Å². The molecular formula is C14H16BrNO2. The molecular weight excluding hydrogens is 294 g/mol. The monoisotopic (exact) mass is 309 g/mol. The van der Waals surface area contributed by atoms with Crippen LogP contribution in [0.3, 0.4) is 0 Å². The van der Waals surface area contributed by atoms with Gasteiger partial charge in [-0.3, -0.25) is 4.79 Å². The molecule has 0 aromatic heterocycles. The van der Waals surface area contributed by atoms with E-state index < -0.39 is 0 Å². The van der Waals surface area contributed by atoms with E-state index in [0.29, 0.717) is 13.0 Å². The molecule has 1 unspecified atom stereocenters. The molecule has 4 heteroatoms. The maximum atomic E-state index is 12.1. The Morgan fingerprint density at radius 1 is 1.33 bits per heavy atom. The van der Waals surface area contributed by atoms with Crippen LogP contribution in [0, 0.1) is 5.92 Å². The first-order valence-electron chi connectivity index (χ1n) is 6.33. The maximum absolute atomic E-state index is 12.1. The second kappa shape index (κ2) is 4.35. The molecule has 1 N–H and O–H groups in total. The van der Waals surface area contributed by atoms with E-state index in [4.69, 9.17) is 0 Å². The lowest BCUT2D eigenvalue weighted by molar-refractivity contribution is -0.130. The zero-order valence-corrected chi connectivity index (χ0v) is 11.7. The summed E-state index contributed by atoms with van der Waals surface area (Å²) < 4.78 is 1.06. The van der Waals surface area contributed by atoms with Crippen LogP contribution < -0.4 is 0 Å². The molecule has 1 aromatic rings. The number of aliphatic hydroxyl groups excluding tert-OH is 1. The number of hydrogen-bond acceptors (Lipinski definition) is 2. The van der Waals surface area contributed by atoms with Crippen LogP contribution in [-0.2, 0) is 10.3 Å². The summed E-state index contributed by atoms with van der Waals surface area (Å²) in [7, 11) is 0. The van der Waals surface area contributed by atoms with Crippen molar-refractivity contribution in [2.45, 2.75) is 24.8 Å². The van der Waals surface area contributed by atoms with Gasteiger partial charge in [0.1, 0.15) is 0 Å². The van der Waals surface area contributed by atoms with Gasteiger partial charge in [0.05, 0.1) is 5.54 Å². The fourth-order valence-electron chi connectivity index (χ4n) is 2.91. The van der Waals surface area contributed by atoms with Crippen molar-refractivity contribution in [2.75, 3.05) is 13.2 Å². The summed E-state index contributed by atoms with van der Waals surface area (Å²) >= 11 is 3.44. The van der Waals surface area contributed by atoms with Gasteiger partial charge in [-0.05, 0) is 30.5 Å². The van der Waals surface area contributed by atoms with Crippen LogP contribution in [0.2, 0.25) is 0 Å². The van der Waals surface area contributed by atoms with E-state index >= 15 is 0 Å². The van der Waals surface area contributed by atoms with Crippen molar-refractivity contribution < 1.29 is 9.90 Å². The molecule has 0 bridgehead atoms. The SMILES string of the molecule is O=C1CC(CO)CN1C1(c2ccc(Br)cc2)CC1. The summed E-state index contributed by atoms with van der Waals surface area (Å²) in [5.74, 6) is 0.305. The number of carbonyl (C=O) groups is 1. The summed E-state index contributed by atoms with van der Waals surface area (Å²) in [6.45, 7) is 0.810. The van der Waals surface area contributed by atoms with Gasteiger partial charge in [0.2, 0.25) is 5.91 Å². The van der Waals surface area contributed by atoms with Crippen molar-refractivity contribution in [1.29, 1.82) is 0 Å². The van der Waals surface area contributed by atoms with Crippen molar-refractivity contribution in [3.63, 3.8) is 0 Å². The number of rotatable bonds is 3. The van der Waals surface area contributed by atoms with E-state index in [-0.39, 0.29) is 24.0 Å². The quantitative estimate of drug-likeness (QED) is 0.930. The predicted molar refractivity (Wildman–Crippen MR) is 72.0 cm³/mol. The molecule has 2 aliphatic rings. The first kappa shape index (κ1) is 12.2. The highest BCUT2D eigenvalue weighted by molar-refractivity contribution is 9.10. The fraction of sp³-hybridized carbons (Fsp3) is 0.500. The van der Waals surface area contributed by atoms with E-state index in [1.165, 1.54) is 5.56 Å². The average Bonchev–Trinajstić information content (AvgIpc) is 3.08. The van der Waals surface area contributed by atoms with Gasteiger partial charge in [-0.2, -0.15) is 0 Å². The molecule has 3 rings (SSSR count). The lowest BCUT2D eigenvalue weighted by Gasteiger charge is -2.28. The molecule has 1 aliphatic carbocycles. The second-order valence-electron chi connectivity index (χ2n) is 5.30. The van der Waals surface area contributed by atoms with Crippen LogP contribution in [0.15, 0.2) is 28.7 Å². The van der Waals surface area contributed by atoms with E-state index in [1.54, 1.807) is 0 Å². The predicted octanol–water partition coefficient (Wildman–Crippen LogP) is 2.28. The van der Waals surface area contributed by atoms with Gasteiger partial charge in [-0.25, -0.2) is 0 Å². The molecule has 1 saturated carbocycles. The Bertz CT molecular complexity index is 467. The molecule has 3 nitrogen and oxygen atoms in total. The average molecular weight is 310 g/mol. The Hall–Kier alpha value is -0.870. The third-order valence-corrected chi connectivity index (χ3v) is 4.61. The normalized spacial score (nSPS) is 25.6. The molecule has 0 radical (unpaired) electrons. The highest BCUT2D eigenvalue weighted by Gasteiger charge is 2.53. The Morgan fingerprint density at radius 2 is 2.00 bits per heavy atom. The third-order valence-electron chi connectivity index (χ3n) is 4.09. The largest absolute Gasteiger partial charge is 0.396 e. The molecule has 96 valence electrons. The van der Waals surface area contributed by atoms with Gasteiger partial charge in [0.15, 0.2) is 0 Å². The summed E-state index contributed by atoms with van der Waals surface area (Å²) in [6.07, 6.45) is 2.58. The minimum absolute atomic E-state index is 0.0816. The topological polar surface area (TPSA) is 40.5 Å². The molecule has 0 spiro atoms. The van der Waals surface area contributed by atoms with Crippen LogP contribution in [0.25, 0.3) is 0 Å². The molecule has 1 aromatic carbocycles. The smallest absolute Gasteiger partial charge is 0.223 e. The number of halogens is 1. The standard InChI is InChI=1S/C14H16BrNO2/c15-12-3-1-11(2-4-12)14(5-6-14)16-8-10(9-17)7-13(16)18/h1-4,10,17H,5-9H2. The van der Waals surface area contributed by atoms with Crippen LogP contribution in [0.5, 0.6) is 0 Å². The zero-order chi connectivity index (χ0) is 12.8. The van der Waals surface area contributed by atoms with Crippen LogP contribution in [0.1, 0.15) is 24.8 Å². The lowest BCUT2D eigenvalue weighted by atomic mass is 10.0. The maximum Gasteiger partial charge on any atom is 0.223 e. The van der Waals surface area contributed by atoms with E-state index in [9.17, 15) is 9.90 Å². The Labute approximate surface area is 115 Å². The van der Waals surface area contributed by atoms with Crippen LogP contribution >= 0.6 is 15.9 Å². The molecule has 2 fully saturated rings. The number of aliphatic hydroxyl groups is 1. The number of carbonyl (C=O) groups excluding carboxylic acids is 1. The molecule has 1 amide bonds. The summed E-state index contributed by atoms with van der Waals surface area (Å²) in [6, 6.07) is 8.24. The summed E-state index contributed by atoms with van der Waals surface area (Å²) in [5, 5.41) is 9.21. The van der Waals surface area contributed by atoms with Gasteiger partial charge in [-0.15, -0.1) is 0 Å². The minimum atomic E-state index is -0.0816. The Kier molecular flexibility index (Phi) is 2.94. The molecule has 1 saturated heterocycles. The fourth-order valence-corrected chi connectivity index (χ4v) is 3.17. The molecule has 18 heavy (non-hydrogen) atoms. The molecule has 1 aliphatic heterocycles. The van der Waals surface area contributed by atoms with Gasteiger partial charge >= 0.3 is 0 Å². The number of benzene rings is 1. The number of nitrogens with zero attached hydrogens (tertiary/aromatic N) is 1. The Balaban J connectivity index is 1.87. The molecule has 1 heterocycles. The zero-order valence-electron chi connectivity index (χ0n) is 10.1.